The van der Waals surface area contributed by atoms with Gasteiger partial charge in [-0.05, 0) is 19.1 Å². The lowest BCUT2D eigenvalue weighted by Crippen LogP contribution is -2.81. The number of amides is 2. The second-order valence-electron chi connectivity index (χ2n) is 6.69. The third-order valence-electron chi connectivity index (χ3n) is 4.57. The number of fused-ring (bicyclic) bond motifs is 1. The highest BCUT2D eigenvalue weighted by Crippen LogP contribution is 2.46. The Balaban J connectivity index is 1.77. The summed E-state index contributed by atoms with van der Waals surface area (Å²) >= 11 is 1.21. The topological polar surface area (TPSA) is 131 Å². The maximum atomic E-state index is 13.0. The normalized spacial score (nSPS) is 22.3. The Morgan fingerprint density at radius 2 is 2.00 bits per heavy atom. The summed E-state index contributed by atoms with van der Waals surface area (Å²) in [5.74, 6) is -2.51. The fourth-order valence-corrected chi connectivity index (χ4v) is 4.70. The molecule has 2 amide bonds. The molecule has 3 rings (SSSR count). The van der Waals surface area contributed by atoms with E-state index in [9.17, 15) is 24.3 Å². The van der Waals surface area contributed by atoms with Crippen LogP contribution in [0.1, 0.15) is 13.8 Å². The van der Waals surface area contributed by atoms with Crippen molar-refractivity contribution in [3.8, 4) is 5.75 Å². The number of carbonyl (C=O) groups is 4. The quantitative estimate of drug-likeness (QED) is 0.317. The molecule has 1 aromatic carbocycles. The highest BCUT2D eigenvalue weighted by atomic mass is 32.2. The molecule has 1 fully saturated rings. The molecule has 2 aliphatic rings. The number of aliphatic carboxylic acids is 1. The van der Waals surface area contributed by atoms with Crippen LogP contribution in [-0.4, -0.2) is 70.4 Å². The summed E-state index contributed by atoms with van der Waals surface area (Å²) in [6.45, 7) is 2.41. The molecule has 0 saturated carbocycles. The number of thioether (sulfide) groups is 1. The Labute approximate surface area is 182 Å². The summed E-state index contributed by atoms with van der Waals surface area (Å²) in [5, 5.41) is 11.4. The number of β-lactam (4-membered cyclic amide) rings is 1. The van der Waals surface area contributed by atoms with E-state index in [1.165, 1.54) is 18.7 Å². The fraction of sp³-hybridized carbons (Fsp3) is 0.400. The number of nitrogens with zero attached hydrogens (tertiary/aromatic N) is 1. The zero-order valence-electron chi connectivity index (χ0n) is 17.0. The van der Waals surface area contributed by atoms with E-state index in [4.69, 9.17) is 14.2 Å². The number of ether oxygens (including phenoxy) is 3. The molecule has 0 radical (unpaired) electrons. The van der Waals surface area contributed by atoms with Gasteiger partial charge in [-0.15, -0.1) is 11.8 Å². The van der Waals surface area contributed by atoms with Crippen molar-refractivity contribution in [3.63, 3.8) is 0 Å². The monoisotopic (exact) mass is 450 g/mol. The van der Waals surface area contributed by atoms with E-state index in [0.717, 1.165) is 4.90 Å². The van der Waals surface area contributed by atoms with Crippen LogP contribution in [0.15, 0.2) is 41.6 Å². The summed E-state index contributed by atoms with van der Waals surface area (Å²) in [6, 6.07) is 8.70. The Kier molecular flexibility index (Phi) is 6.86. The van der Waals surface area contributed by atoms with E-state index in [1.807, 2.05) is 6.07 Å². The minimum atomic E-state index is -1.70. The van der Waals surface area contributed by atoms with Gasteiger partial charge < -0.3 is 24.6 Å². The van der Waals surface area contributed by atoms with Crippen LogP contribution < -0.4 is 10.1 Å². The van der Waals surface area contributed by atoms with E-state index in [-0.39, 0.29) is 31.3 Å². The number of hydrogen-bond donors (Lipinski definition) is 2. The second-order valence-corrected chi connectivity index (χ2v) is 7.76. The molecule has 2 heterocycles. The maximum Gasteiger partial charge on any atom is 0.352 e. The van der Waals surface area contributed by atoms with E-state index in [1.54, 1.807) is 31.2 Å². The van der Waals surface area contributed by atoms with Crippen LogP contribution in [0.2, 0.25) is 0 Å². The van der Waals surface area contributed by atoms with E-state index < -0.39 is 34.9 Å². The van der Waals surface area contributed by atoms with Gasteiger partial charge in [0.2, 0.25) is 0 Å². The summed E-state index contributed by atoms with van der Waals surface area (Å²) in [4.78, 5) is 49.5. The van der Waals surface area contributed by atoms with Crippen molar-refractivity contribution in [2.24, 2.45) is 0 Å². The first-order chi connectivity index (χ1) is 14.8. The highest BCUT2D eigenvalue weighted by molar-refractivity contribution is 8.00. The Morgan fingerprint density at radius 1 is 1.29 bits per heavy atom. The molecule has 2 N–H and O–H groups in total. The van der Waals surface area contributed by atoms with Crippen molar-refractivity contribution < 1.29 is 38.5 Å². The molecular weight excluding hydrogens is 428 g/mol. The van der Waals surface area contributed by atoms with Crippen molar-refractivity contribution in [2.45, 2.75) is 24.9 Å². The molecule has 11 heteroatoms. The average Bonchev–Trinajstić information content (AvgIpc) is 2.75. The van der Waals surface area contributed by atoms with Crippen LogP contribution in [0.5, 0.6) is 5.75 Å². The minimum absolute atomic E-state index is 0.114. The van der Waals surface area contributed by atoms with E-state index in [0.29, 0.717) is 11.3 Å². The summed E-state index contributed by atoms with van der Waals surface area (Å²) in [7, 11) is 0. The molecule has 31 heavy (non-hydrogen) atoms. The number of esters is 1. The molecular formula is C20H22N2O8S. The van der Waals surface area contributed by atoms with Crippen molar-refractivity contribution >= 4 is 35.5 Å². The first-order valence-electron chi connectivity index (χ1n) is 9.47. The number of nitrogens with one attached hydrogen (secondary N) is 1. The van der Waals surface area contributed by atoms with Crippen LogP contribution in [-0.2, 0) is 28.7 Å². The molecule has 10 nitrogen and oxygen atoms in total. The maximum absolute atomic E-state index is 13.0. The van der Waals surface area contributed by atoms with Gasteiger partial charge in [0.05, 0.1) is 0 Å². The van der Waals surface area contributed by atoms with Crippen molar-refractivity contribution in [1.29, 1.82) is 0 Å². The van der Waals surface area contributed by atoms with Crippen LogP contribution in [0.25, 0.3) is 0 Å². The number of carboxylic acids is 1. The number of carboxylic acid groups (broad SMARTS) is 1. The lowest BCUT2D eigenvalue weighted by molar-refractivity contribution is -0.198. The Hall–Kier alpha value is -3.05. The van der Waals surface area contributed by atoms with Crippen molar-refractivity contribution in [2.75, 3.05) is 25.6 Å². The molecule has 2 atom stereocenters. The van der Waals surface area contributed by atoms with Gasteiger partial charge in [0.15, 0.2) is 6.61 Å². The molecule has 1 aromatic rings. The van der Waals surface area contributed by atoms with E-state index >= 15 is 0 Å². The minimum Gasteiger partial charge on any atom is -0.484 e. The van der Waals surface area contributed by atoms with Crippen molar-refractivity contribution in [3.05, 3.63) is 41.6 Å². The Bertz CT molecular complexity index is 919. The van der Waals surface area contributed by atoms with Gasteiger partial charge in [0.25, 0.3) is 17.5 Å². The third-order valence-corrected chi connectivity index (χ3v) is 5.95. The molecule has 0 aliphatic carbocycles. The van der Waals surface area contributed by atoms with Crippen LogP contribution in [0.4, 0.5) is 0 Å². The smallest absolute Gasteiger partial charge is 0.352 e. The number of para-hydroxylation sites is 1. The van der Waals surface area contributed by atoms with Crippen LogP contribution >= 0.6 is 11.8 Å². The van der Waals surface area contributed by atoms with Crippen molar-refractivity contribution in [1.82, 2.24) is 10.2 Å². The molecule has 0 spiro atoms. The number of carbonyl (C=O) groups excluding carboxylic acids is 3. The van der Waals surface area contributed by atoms with Gasteiger partial charge in [-0.3, -0.25) is 19.3 Å². The van der Waals surface area contributed by atoms with Crippen LogP contribution in [0, 0.1) is 0 Å². The molecule has 1 saturated heterocycles. The molecule has 2 aliphatic heterocycles. The van der Waals surface area contributed by atoms with Gasteiger partial charge in [0, 0.05) is 24.9 Å². The predicted molar refractivity (Wildman–Crippen MR) is 109 cm³/mol. The third kappa shape index (κ3) is 4.52. The number of hydrogen-bond acceptors (Lipinski definition) is 8. The zero-order valence-corrected chi connectivity index (χ0v) is 17.8. The van der Waals surface area contributed by atoms with Crippen LogP contribution in [0.3, 0.4) is 0 Å². The lowest BCUT2D eigenvalue weighted by Gasteiger charge is -2.56. The summed E-state index contributed by atoms with van der Waals surface area (Å²) in [5.41, 5.74) is -1.68. The van der Waals surface area contributed by atoms with Gasteiger partial charge in [-0.1, -0.05) is 18.2 Å². The molecule has 0 aromatic heterocycles. The predicted octanol–water partition coefficient (Wildman–Crippen LogP) is 0.731. The molecule has 166 valence electrons. The second kappa shape index (κ2) is 9.40. The largest absolute Gasteiger partial charge is 0.484 e. The Morgan fingerprint density at radius 3 is 2.61 bits per heavy atom. The highest BCUT2D eigenvalue weighted by Gasteiger charge is 2.67. The first kappa shape index (κ1) is 22.6. The lowest BCUT2D eigenvalue weighted by atomic mass is 9.98. The van der Waals surface area contributed by atoms with Gasteiger partial charge in [0.1, 0.15) is 23.4 Å². The molecule has 0 unspecified atom stereocenters. The van der Waals surface area contributed by atoms with Gasteiger partial charge in [-0.25, -0.2) is 4.79 Å². The fourth-order valence-electron chi connectivity index (χ4n) is 3.31. The number of rotatable bonds is 9. The summed E-state index contributed by atoms with van der Waals surface area (Å²) < 4.78 is 16.0. The zero-order chi connectivity index (χ0) is 22.6. The molecule has 0 bridgehead atoms. The van der Waals surface area contributed by atoms with Gasteiger partial charge >= 0.3 is 11.9 Å². The standard InChI is InChI=1S/C20H22N2O8S/c1-3-30-20(21-15(24)10-29-14-7-5-4-6-8-14)18(27)22-16(17(25)26)13(9-28-12(2)23)11-31-19(20)22/h4-8,19H,3,9-11H2,1-2H3,(H,21,24)(H,25,26)/t19-,20+/m1/s1. The summed E-state index contributed by atoms with van der Waals surface area (Å²) in [6.07, 6.45) is 0. The number of benzene rings is 1. The SMILES string of the molecule is CCO[C@@]1(NC(=O)COc2ccccc2)C(=O)N2C(C(=O)O)=C(COC(C)=O)CS[C@@H]21. The average molecular weight is 450 g/mol. The van der Waals surface area contributed by atoms with E-state index in [2.05, 4.69) is 5.32 Å². The van der Waals surface area contributed by atoms with Gasteiger partial charge in [-0.2, -0.15) is 0 Å². The first-order valence-corrected chi connectivity index (χ1v) is 10.5.